The number of para-hydroxylation sites is 2. The standard InChI is InChI=1S/C25H26N2O2/c1-16-10-8-11-17(2)22(16)26-24(28)21(20-14-6-5-7-15-20)25(29)27-23-18(3)12-9-13-19(23)4/h5-15,21H,1-4H3,(H,26,28)(H,27,29). The number of carbonyl (C=O) groups is 2. The molecule has 0 atom stereocenters. The molecule has 3 aromatic rings. The zero-order valence-electron chi connectivity index (χ0n) is 17.2. The summed E-state index contributed by atoms with van der Waals surface area (Å²) in [5.74, 6) is -1.66. The Morgan fingerprint density at radius 2 is 0.966 bits per heavy atom. The molecule has 2 amide bonds. The van der Waals surface area contributed by atoms with Gasteiger partial charge in [0.15, 0.2) is 0 Å². The van der Waals surface area contributed by atoms with Crippen LogP contribution in [0.3, 0.4) is 0 Å². The molecule has 0 aliphatic carbocycles. The van der Waals surface area contributed by atoms with E-state index in [9.17, 15) is 9.59 Å². The van der Waals surface area contributed by atoms with Gasteiger partial charge in [0.25, 0.3) is 0 Å². The lowest BCUT2D eigenvalue weighted by Gasteiger charge is -2.20. The van der Waals surface area contributed by atoms with E-state index < -0.39 is 5.92 Å². The minimum Gasteiger partial charge on any atom is -0.325 e. The van der Waals surface area contributed by atoms with Crippen molar-refractivity contribution in [3.8, 4) is 0 Å². The fourth-order valence-corrected chi connectivity index (χ4v) is 3.48. The van der Waals surface area contributed by atoms with Gasteiger partial charge in [0, 0.05) is 11.4 Å². The van der Waals surface area contributed by atoms with E-state index in [1.54, 1.807) is 12.1 Å². The van der Waals surface area contributed by atoms with Gasteiger partial charge in [0.05, 0.1) is 0 Å². The Labute approximate surface area is 172 Å². The van der Waals surface area contributed by atoms with Gasteiger partial charge in [0.2, 0.25) is 11.8 Å². The van der Waals surface area contributed by atoms with Crippen molar-refractivity contribution in [2.45, 2.75) is 33.6 Å². The first-order valence-corrected chi connectivity index (χ1v) is 9.67. The van der Waals surface area contributed by atoms with E-state index in [1.165, 1.54) is 0 Å². The smallest absolute Gasteiger partial charge is 0.241 e. The molecule has 0 aliphatic heterocycles. The lowest BCUT2D eigenvalue weighted by Crippen LogP contribution is -2.32. The van der Waals surface area contributed by atoms with Crippen molar-refractivity contribution in [3.63, 3.8) is 0 Å². The molecule has 3 aromatic carbocycles. The Bertz CT molecular complexity index is 936. The first kappa shape index (κ1) is 20.3. The zero-order valence-corrected chi connectivity index (χ0v) is 17.2. The summed E-state index contributed by atoms with van der Waals surface area (Å²) < 4.78 is 0. The van der Waals surface area contributed by atoms with Crippen LogP contribution in [0.4, 0.5) is 11.4 Å². The molecule has 0 unspecified atom stereocenters. The number of hydrogen-bond donors (Lipinski definition) is 2. The Balaban J connectivity index is 1.95. The minimum absolute atomic E-state index is 0.350. The van der Waals surface area contributed by atoms with Crippen LogP contribution in [0.5, 0.6) is 0 Å². The van der Waals surface area contributed by atoms with Gasteiger partial charge in [-0.3, -0.25) is 9.59 Å². The summed E-state index contributed by atoms with van der Waals surface area (Å²) in [5.41, 5.74) is 5.98. The van der Waals surface area contributed by atoms with Crippen molar-refractivity contribution in [1.29, 1.82) is 0 Å². The van der Waals surface area contributed by atoms with E-state index >= 15 is 0 Å². The van der Waals surface area contributed by atoms with Crippen LogP contribution >= 0.6 is 0 Å². The molecule has 0 spiro atoms. The fourth-order valence-electron chi connectivity index (χ4n) is 3.48. The second kappa shape index (κ2) is 8.74. The van der Waals surface area contributed by atoms with Crippen molar-refractivity contribution in [2.75, 3.05) is 10.6 Å². The Morgan fingerprint density at radius 1 is 0.586 bits per heavy atom. The molecule has 0 aliphatic rings. The molecule has 4 nitrogen and oxygen atoms in total. The summed E-state index contributed by atoms with van der Waals surface area (Å²) in [7, 11) is 0. The molecular weight excluding hydrogens is 360 g/mol. The number of benzene rings is 3. The minimum atomic E-state index is -0.964. The maximum Gasteiger partial charge on any atom is 0.241 e. The number of rotatable bonds is 5. The molecule has 148 valence electrons. The van der Waals surface area contributed by atoms with Gasteiger partial charge in [-0.15, -0.1) is 0 Å². The average molecular weight is 386 g/mol. The number of carbonyl (C=O) groups excluding carboxylic acids is 2. The van der Waals surface area contributed by atoms with Gasteiger partial charge in [0.1, 0.15) is 5.92 Å². The highest BCUT2D eigenvalue weighted by Crippen LogP contribution is 2.26. The van der Waals surface area contributed by atoms with Gasteiger partial charge in [-0.2, -0.15) is 0 Å². The van der Waals surface area contributed by atoms with E-state index in [0.717, 1.165) is 33.6 Å². The van der Waals surface area contributed by atoms with Crippen molar-refractivity contribution in [3.05, 3.63) is 94.5 Å². The number of aryl methyl sites for hydroxylation is 4. The molecule has 0 aromatic heterocycles. The summed E-state index contributed by atoms with van der Waals surface area (Å²) in [6, 6.07) is 20.8. The topological polar surface area (TPSA) is 58.2 Å². The third-order valence-corrected chi connectivity index (χ3v) is 5.12. The molecule has 0 fully saturated rings. The van der Waals surface area contributed by atoms with E-state index in [0.29, 0.717) is 5.56 Å². The quantitative estimate of drug-likeness (QED) is 0.586. The van der Waals surface area contributed by atoms with Crippen LogP contribution in [0, 0.1) is 27.7 Å². The maximum atomic E-state index is 13.2. The lowest BCUT2D eigenvalue weighted by molar-refractivity contribution is -0.126. The summed E-state index contributed by atoms with van der Waals surface area (Å²) in [6.45, 7) is 7.77. The van der Waals surface area contributed by atoms with Crippen molar-refractivity contribution >= 4 is 23.2 Å². The van der Waals surface area contributed by atoms with Gasteiger partial charge in [-0.25, -0.2) is 0 Å². The molecular formula is C25H26N2O2. The van der Waals surface area contributed by atoms with E-state index in [1.807, 2.05) is 82.3 Å². The van der Waals surface area contributed by atoms with E-state index in [2.05, 4.69) is 10.6 Å². The second-order valence-corrected chi connectivity index (χ2v) is 7.36. The molecule has 3 rings (SSSR count). The first-order chi connectivity index (χ1) is 13.9. The Morgan fingerprint density at radius 3 is 1.34 bits per heavy atom. The third kappa shape index (κ3) is 4.54. The summed E-state index contributed by atoms with van der Waals surface area (Å²) in [5, 5.41) is 5.95. The predicted octanol–water partition coefficient (Wildman–Crippen LogP) is 5.28. The number of nitrogens with one attached hydrogen (secondary N) is 2. The van der Waals surface area contributed by atoms with Crippen LogP contribution in [-0.4, -0.2) is 11.8 Å². The Hall–Kier alpha value is -3.40. The van der Waals surface area contributed by atoms with Crippen molar-refractivity contribution in [2.24, 2.45) is 0 Å². The molecule has 0 heterocycles. The molecule has 4 heteroatoms. The van der Waals surface area contributed by atoms with Crippen LogP contribution in [0.1, 0.15) is 33.7 Å². The fraction of sp³-hybridized carbons (Fsp3) is 0.200. The number of hydrogen-bond acceptors (Lipinski definition) is 2. The van der Waals surface area contributed by atoms with E-state index in [-0.39, 0.29) is 11.8 Å². The van der Waals surface area contributed by atoms with Crippen LogP contribution in [-0.2, 0) is 9.59 Å². The van der Waals surface area contributed by atoms with Crippen LogP contribution < -0.4 is 10.6 Å². The highest BCUT2D eigenvalue weighted by Gasteiger charge is 2.29. The SMILES string of the molecule is Cc1cccc(C)c1NC(=O)C(C(=O)Nc1c(C)cccc1C)c1ccccc1. The number of amides is 2. The summed E-state index contributed by atoms with van der Waals surface area (Å²) in [4.78, 5) is 26.5. The molecule has 0 bridgehead atoms. The molecule has 0 saturated carbocycles. The van der Waals surface area contributed by atoms with Crippen molar-refractivity contribution in [1.82, 2.24) is 0 Å². The maximum absolute atomic E-state index is 13.2. The molecule has 0 saturated heterocycles. The molecule has 29 heavy (non-hydrogen) atoms. The lowest BCUT2D eigenvalue weighted by atomic mass is 9.96. The van der Waals surface area contributed by atoms with E-state index in [4.69, 9.17) is 0 Å². The third-order valence-electron chi connectivity index (χ3n) is 5.12. The predicted molar refractivity (Wildman–Crippen MR) is 118 cm³/mol. The monoisotopic (exact) mass is 386 g/mol. The normalized spacial score (nSPS) is 10.7. The van der Waals surface area contributed by atoms with Gasteiger partial charge in [-0.05, 0) is 55.5 Å². The second-order valence-electron chi connectivity index (χ2n) is 7.36. The largest absolute Gasteiger partial charge is 0.325 e. The molecule has 0 radical (unpaired) electrons. The van der Waals surface area contributed by atoms with Crippen LogP contribution in [0.25, 0.3) is 0 Å². The van der Waals surface area contributed by atoms with Crippen molar-refractivity contribution < 1.29 is 9.59 Å². The Kier molecular flexibility index (Phi) is 6.13. The number of anilines is 2. The summed E-state index contributed by atoms with van der Waals surface area (Å²) >= 11 is 0. The zero-order chi connectivity index (χ0) is 21.0. The van der Waals surface area contributed by atoms with Gasteiger partial charge in [-0.1, -0.05) is 66.7 Å². The van der Waals surface area contributed by atoms with Gasteiger partial charge < -0.3 is 10.6 Å². The van der Waals surface area contributed by atoms with Gasteiger partial charge >= 0.3 is 0 Å². The first-order valence-electron chi connectivity index (χ1n) is 9.67. The highest BCUT2D eigenvalue weighted by molar-refractivity contribution is 6.15. The van der Waals surface area contributed by atoms with Crippen LogP contribution in [0.2, 0.25) is 0 Å². The summed E-state index contributed by atoms with van der Waals surface area (Å²) in [6.07, 6.45) is 0. The van der Waals surface area contributed by atoms with Crippen LogP contribution in [0.15, 0.2) is 66.7 Å². The molecule has 2 N–H and O–H groups in total. The average Bonchev–Trinajstić information content (AvgIpc) is 2.69. The highest BCUT2D eigenvalue weighted by atomic mass is 16.2.